The van der Waals surface area contributed by atoms with Crippen molar-refractivity contribution in [1.82, 2.24) is 0 Å². The topological polar surface area (TPSA) is 35.2 Å². The van der Waals surface area contributed by atoms with Gasteiger partial charge < -0.3 is 10.5 Å². The fraction of sp³-hybridized carbons (Fsp3) is 1.00. The summed E-state index contributed by atoms with van der Waals surface area (Å²) in [6, 6.07) is 0. The van der Waals surface area contributed by atoms with Crippen LogP contribution in [-0.4, -0.2) is 23.7 Å². The SMILES string of the molecule is NC1(CC2CCCC(F)(F)C2)CC2CCC1O2. The molecule has 2 aliphatic heterocycles. The van der Waals surface area contributed by atoms with Gasteiger partial charge in [0.05, 0.1) is 12.2 Å². The second-order valence-corrected chi connectivity index (χ2v) is 6.28. The summed E-state index contributed by atoms with van der Waals surface area (Å²) < 4.78 is 32.5. The molecule has 17 heavy (non-hydrogen) atoms. The standard InChI is InChI=1S/C13H21F2NO/c14-13(15)5-1-2-9(7-13)6-12(16)8-10-3-4-11(12)17-10/h9-11H,1-8,16H2. The number of alkyl halides is 2. The molecule has 2 N–H and O–H groups in total. The molecule has 98 valence electrons. The zero-order valence-corrected chi connectivity index (χ0v) is 10.1. The maximum atomic E-state index is 13.4. The molecule has 1 saturated carbocycles. The summed E-state index contributed by atoms with van der Waals surface area (Å²) in [6.07, 6.45) is 5.79. The first-order valence-electron chi connectivity index (χ1n) is 6.79. The van der Waals surface area contributed by atoms with Crippen LogP contribution in [-0.2, 0) is 4.74 Å². The zero-order chi connectivity index (χ0) is 12.1. The molecule has 0 aromatic heterocycles. The number of rotatable bonds is 2. The number of hydrogen-bond donors (Lipinski definition) is 1. The summed E-state index contributed by atoms with van der Waals surface area (Å²) in [4.78, 5) is 0. The Morgan fingerprint density at radius 3 is 2.59 bits per heavy atom. The normalized spacial score (nSPS) is 48.5. The number of hydrogen-bond acceptors (Lipinski definition) is 2. The van der Waals surface area contributed by atoms with Crippen LogP contribution in [0.1, 0.15) is 51.4 Å². The molecule has 4 heteroatoms. The van der Waals surface area contributed by atoms with Crippen molar-refractivity contribution in [3.05, 3.63) is 0 Å². The summed E-state index contributed by atoms with van der Waals surface area (Å²) in [7, 11) is 0. The van der Waals surface area contributed by atoms with Crippen molar-refractivity contribution in [2.75, 3.05) is 0 Å². The van der Waals surface area contributed by atoms with Crippen molar-refractivity contribution < 1.29 is 13.5 Å². The molecule has 0 amide bonds. The molecule has 0 aromatic rings. The van der Waals surface area contributed by atoms with Crippen molar-refractivity contribution in [3.63, 3.8) is 0 Å². The lowest BCUT2D eigenvalue weighted by atomic mass is 9.72. The maximum absolute atomic E-state index is 13.4. The van der Waals surface area contributed by atoms with Crippen molar-refractivity contribution in [2.24, 2.45) is 11.7 Å². The van der Waals surface area contributed by atoms with Crippen LogP contribution in [0.4, 0.5) is 8.78 Å². The minimum atomic E-state index is -2.46. The third-order valence-corrected chi connectivity index (χ3v) is 4.77. The first-order chi connectivity index (χ1) is 7.97. The Hall–Kier alpha value is -0.220. The summed E-state index contributed by atoms with van der Waals surface area (Å²) in [5.41, 5.74) is 6.08. The Morgan fingerprint density at radius 2 is 2.00 bits per heavy atom. The van der Waals surface area contributed by atoms with Gasteiger partial charge in [0, 0.05) is 18.4 Å². The van der Waals surface area contributed by atoms with Crippen LogP contribution >= 0.6 is 0 Å². The van der Waals surface area contributed by atoms with E-state index in [0.29, 0.717) is 12.5 Å². The maximum Gasteiger partial charge on any atom is 0.248 e. The predicted octanol–water partition coefficient (Wildman–Crippen LogP) is 2.85. The lowest BCUT2D eigenvalue weighted by Crippen LogP contribution is -2.50. The second kappa shape index (κ2) is 3.89. The third kappa shape index (κ3) is 2.22. The molecule has 4 atom stereocenters. The molecule has 3 aliphatic rings. The highest BCUT2D eigenvalue weighted by Gasteiger charge is 2.51. The van der Waals surface area contributed by atoms with Crippen molar-refractivity contribution in [1.29, 1.82) is 0 Å². The van der Waals surface area contributed by atoms with Crippen molar-refractivity contribution >= 4 is 0 Å². The number of fused-ring (bicyclic) bond motifs is 2. The number of halogens is 2. The molecule has 0 radical (unpaired) electrons. The van der Waals surface area contributed by atoms with Crippen molar-refractivity contribution in [2.45, 2.75) is 75.0 Å². The van der Waals surface area contributed by atoms with Gasteiger partial charge in [-0.25, -0.2) is 8.78 Å². The molecule has 0 aromatic carbocycles. The summed E-state index contributed by atoms with van der Waals surface area (Å²) in [5, 5.41) is 0. The molecule has 2 heterocycles. The van der Waals surface area contributed by atoms with Gasteiger partial charge in [0.2, 0.25) is 5.92 Å². The fourth-order valence-electron chi connectivity index (χ4n) is 4.04. The average Bonchev–Trinajstić information content (AvgIpc) is 2.74. The van der Waals surface area contributed by atoms with E-state index in [1.54, 1.807) is 0 Å². The lowest BCUT2D eigenvalue weighted by Gasteiger charge is -2.37. The molecule has 2 bridgehead atoms. The molecule has 3 fully saturated rings. The van der Waals surface area contributed by atoms with E-state index in [2.05, 4.69) is 0 Å². The van der Waals surface area contributed by atoms with Crippen LogP contribution < -0.4 is 5.73 Å². The van der Waals surface area contributed by atoms with E-state index >= 15 is 0 Å². The van der Waals surface area contributed by atoms with E-state index < -0.39 is 5.92 Å². The van der Waals surface area contributed by atoms with Crippen molar-refractivity contribution in [3.8, 4) is 0 Å². The molecule has 3 rings (SSSR count). The van der Waals surface area contributed by atoms with Crippen LogP contribution in [0.15, 0.2) is 0 Å². The third-order valence-electron chi connectivity index (χ3n) is 4.77. The number of nitrogens with two attached hydrogens (primary N) is 1. The Morgan fingerprint density at radius 1 is 1.18 bits per heavy atom. The highest BCUT2D eigenvalue weighted by atomic mass is 19.3. The van der Waals surface area contributed by atoms with E-state index in [4.69, 9.17) is 10.5 Å². The van der Waals surface area contributed by atoms with Gasteiger partial charge in [-0.3, -0.25) is 0 Å². The van der Waals surface area contributed by atoms with Gasteiger partial charge in [-0.1, -0.05) is 0 Å². The van der Waals surface area contributed by atoms with Gasteiger partial charge in [0.15, 0.2) is 0 Å². The predicted molar refractivity (Wildman–Crippen MR) is 61.0 cm³/mol. The van der Waals surface area contributed by atoms with E-state index in [-0.39, 0.29) is 30.4 Å². The second-order valence-electron chi connectivity index (χ2n) is 6.28. The number of ether oxygens (including phenoxy) is 1. The molecule has 1 aliphatic carbocycles. The molecule has 2 saturated heterocycles. The first kappa shape index (κ1) is 11.8. The van der Waals surface area contributed by atoms with Gasteiger partial charge in [-0.15, -0.1) is 0 Å². The summed E-state index contributed by atoms with van der Waals surface area (Å²) >= 11 is 0. The Labute approximate surface area is 101 Å². The summed E-state index contributed by atoms with van der Waals surface area (Å²) in [6.45, 7) is 0. The van der Waals surface area contributed by atoms with Gasteiger partial charge >= 0.3 is 0 Å². The molecular weight excluding hydrogens is 224 g/mol. The van der Waals surface area contributed by atoms with Crippen LogP contribution in [0.3, 0.4) is 0 Å². The average molecular weight is 245 g/mol. The van der Waals surface area contributed by atoms with Gasteiger partial charge in [0.1, 0.15) is 0 Å². The Kier molecular flexibility index (Phi) is 2.71. The molecule has 0 spiro atoms. The molecule has 4 unspecified atom stereocenters. The van der Waals surface area contributed by atoms with E-state index in [1.165, 1.54) is 0 Å². The van der Waals surface area contributed by atoms with Gasteiger partial charge in [0.25, 0.3) is 0 Å². The lowest BCUT2D eigenvalue weighted by molar-refractivity contribution is -0.0582. The van der Waals surface area contributed by atoms with E-state index in [1.807, 2.05) is 0 Å². The Bertz CT molecular complexity index is 310. The van der Waals surface area contributed by atoms with Crippen LogP contribution in [0.25, 0.3) is 0 Å². The minimum absolute atomic E-state index is 0.0311. The Balaban J connectivity index is 1.63. The van der Waals surface area contributed by atoms with Gasteiger partial charge in [-0.05, 0) is 44.4 Å². The van der Waals surface area contributed by atoms with Crippen LogP contribution in [0.5, 0.6) is 0 Å². The fourth-order valence-corrected chi connectivity index (χ4v) is 4.04. The summed E-state index contributed by atoms with van der Waals surface area (Å²) in [5.74, 6) is -2.37. The molecule has 2 nitrogen and oxygen atoms in total. The highest BCUT2D eigenvalue weighted by molar-refractivity contribution is 5.06. The highest BCUT2D eigenvalue weighted by Crippen LogP contribution is 2.47. The molecular formula is C13H21F2NO. The largest absolute Gasteiger partial charge is 0.373 e. The first-order valence-corrected chi connectivity index (χ1v) is 6.79. The van der Waals surface area contributed by atoms with E-state index in [0.717, 1.165) is 32.1 Å². The monoisotopic (exact) mass is 245 g/mol. The van der Waals surface area contributed by atoms with E-state index in [9.17, 15) is 8.78 Å². The van der Waals surface area contributed by atoms with Crippen LogP contribution in [0.2, 0.25) is 0 Å². The smallest absolute Gasteiger partial charge is 0.248 e. The minimum Gasteiger partial charge on any atom is -0.373 e. The quantitative estimate of drug-likeness (QED) is 0.812. The van der Waals surface area contributed by atoms with Crippen LogP contribution in [0, 0.1) is 5.92 Å². The van der Waals surface area contributed by atoms with Gasteiger partial charge in [-0.2, -0.15) is 0 Å². The zero-order valence-electron chi connectivity index (χ0n) is 10.1.